The summed E-state index contributed by atoms with van der Waals surface area (Å²) in [4.78, 5) is 3.96. The molecule has 1 aromatic carbocycles. The van der Waals surface area contributed by atoms with Crippen LogP contribution < -0.4 is 15.2 Å². The average Bonchev–Trinajstić information content (AvgIpc) is 2.63. The van der Waals surface area contributed by atoms with Crippen molar-refractivity contribution in [3.05, 3.63) is 59.9 Å². The Hall–Kier alpha value is -2.70. The van der Waals surface area contributed by atoms with Gasteiger partial charge in [-0.05, 0) is 43.3 Å². The molecule has 0 amide bonds. The van der Waals surface area contributed by atoms with Gasteiger partial charge < -0.3 is 15.2 Å². The highest BCUT2D eigenvalue weighted by Gasteiger charge is 2.04. The van der Waals surface area contributed by atoms with Gasteiger partial charge in [0.2, 0.25) is 5.88 Å². The number of halogens is 1. The van der Waals surface area contributed by atoms with Crippen LogP contribution in [0, 0.1) is 0 Å². The minimum absolute atomic E-state index is 0.370. The van der Waals surface area contributed by atoms with Gasteiger partial charge >= 0.3 is 0 Å². The zero-order valence-electron chi connectivity index (χ0n) is 13.4. The lowest BCUT2D eigenvalue weighted by atomic mass is 10.1. The van der Waals surface area contributed by atoms with Crippen LogP contribution in [-0.4, -0.2) is 28.3 Å². The standard InChI is InChI=1S/C18H17ClN4O2/c19-14-10-16(12-21-11-14)25-18-7-6-17(22-23-18)13-2-4-15(5-3-13)24-9-1-8-20/h2-7,10-12H,1,8-9,20H2. The van der Waals surface area contributed by atoms with E-state index in [1.54, 1.807) is 18.3 Å². The number of nitrogens with two attached hydrogens (primary N) is 1. The molecule has 0 unspecified atom stereocenters. The SMILES string of the molecule is NCCCOc1ccc(-c2ccc(Oc3cncc(Cl)c3)nn2)cc1. The summed E-state index contributed by atoms with van der Waals surface area (Å²) in [5.74, 6) is 1.68. The first-order valence-corrected chi connectivity index (χ1v) is 8.18. The van der Waals surface area contributed by atoms with E-state index in [1.807, 2.05) is 30.3 Å². The summed E-state index contributed by atoms with van der Waals surface area (Å²) >= 11 is 5.87. The fraction of sp³-hybridized carbons (Fsp3) is 0.167. The van der Waals surface area contributed by atoms with E-state index in [9.17, 15) is 0 Å². The Kier molecular flexibility index (Phi) is 5.77. The number of hydrogen-bond donors (Lipinski definition) is 1. The number of aromatic nitrogens is 3. The van der Waals surface area contributed by atoms with Gasteiger partial charge in [0, 0.05) is 23.9 Å². The fourth-order valence-corrected chi connectivity index (χ4v) is 2.26. The molecule has 0 aliphatic heterocycles. The summed E-state index contributed by atoms with van der Waals surface area (Å²) in [6, 6.07) is 12.9. The number of ether oxygens (including phenoxy) is 2. The molecule has 128 valence electrons. The van der Waals surface area contributed by atoms with Gasteiger partial charge in [0.25, 0.3) is 0 Å². The molecular formula is C18H17ClN4O2. The first-order valence-electron chi connectivity index (χ1n) is 7.80. The van der Waals surface area contributed by atoms with Gasteiger partial charge in [0.15, 0.2) is 0 Å². The Balaban J connectivity index is 1.65. The third-order valence-electron chi connectivity index (χ3n) is 3.31. The summed E-state index contributed by atoms with van der Waals surface area (Å²) in [6.45, 7) is 1.23. The molecule has 2 aromatic heterocycles. The van der Waals surface area contributed by atoms with Crippen molar-refractivity contribution in [1.29, 1.82) is 0 Å². The highest BCUT2D eigenvalue weighted by atomic mass is 35.5. The lowest BCUT2D eigenvalue weighted by Crippen LogP contribution is -2.05. The van der Waals surface area contributed by atoms with E-state index in [1.165, 1.54) is 6.20 Å². The topological polar surface area (TPSA) is 83.2 Å². The van der Waals surface area contributed by atoms with Crippen LogP contribution in [0.5, 0.6) is 17.4 Å². The van der Waals surface area contributed by atoms with E-state index in [0.717, 1.165) is 23.4 Å². The Morgan fingerprint density at radius 2 is 1.80 bits per heavy atom. The van der Waals surface area contributed by atoms with Crippen LogP contribution in [0.3, 0.4) is 0 Å². The monoisotopic (exact) mass is 356 g/mol. The molecule has 0 aliphatic carbocycles. The average molecular weight is 357 g/mol. The predicted molar refractivity (Wildman–Crippen MR) is 96.0 cm³/mol. The molecule has 0 radical (unpaired) electrons. The summed E-state index contributed by atoms with van der Waals surface area (Å²) < 4.78 is 11.2. The van der Waals surface area contributed by atoms with E-state index in [4.69, 9.17) is 26.8 Å². The zero-order valence-corrected chi connectivity index (χ0v) is 14.2. The Bertz CT molecular complexity index is 810. The number of rotatable bonds is 7. The van der Waals surface area contributed by atoms with Crippen LogP contribution in [0.1, 0.15) is 6.42 Å². The number of nitrogens with zero attached hydrogens (tertiary/aromatic N) is 3. The maximum Gasteiger partial charge on any atom is 0.238 e. The van der Waals surface area contributed by atoms with Crippen molar-refractivity contribution in [3.63, 3.8) is 0 Å². The third-order valence-corrected chi connectivity index (χ3v) is 3.52. The first kappa shape index (κ1) is 17.1. The number of benzene rings is 1. The summed E-state index contributed by atoms with van der Waals surface area (Å²) in [6.07, 6.45) is 3.92. The molecule has 0 saturated carbocycles. The molecule has 2 heterocycles. The third kappa shape index (κ3) is 4.89. The Labute approximate surface area is 150 Å². The molecule has 2 N–H and O–H groups in total. The second-order valence-electron chi connectivity index (χ2n) is 5.21. The number of pyridine rings is 1. The smallest absolute Gasteiger partial charge is 0.238 e. The van der Waals surface area contributed by atoms with E-state index in [2.05, 4.69) is 15.2 Å². The van der Waals surface area contributed by atoms with Crippen molar-refractivity contribution in [3.8, 4) is 28.6 Å². The normalized spacial score (nSPS) is 10.5. The van der Waals surface area contributed by atoms with Crippen LogP contribution in [-0.2, 0) is 0 Å². The molecule has 6 nitrogen and oxygen atoms in total. The minimum Gasteiger partial charge on any atom is -0.494 e. The van der Waals surface area contributed by atoms with Gasteiger partial charge in [-0.15, -0.1) is 10.2 Å². The summed E-state index contributed by atoms with van der Waals surface area (Å²) in [5, 5.41) is 8.76. The molecule has 3 rings (SSSR count). The highest BCUT2D eigenvalue weighted by Crippen LogP contribution is 2.24. The van der Waals surface area contributed by atoms with Crippen LogP contribution in [0.15, 0.2) is 54.9 Å². The van der Waals surface area contributed by atoms with E-state index in [0.29, 0.717) is 29.8 Å². The lowest BCUT2D eigenvalue weighted by Gasteiger charge is -2.07. The van der Waals surface area contributed by atoms with Crippen LogP contribution in [0.2, 0.25) is 5.02 Å². The van der Waals surface area contributed by atoms with Gasteiger partial charge in [-0.25, -0.2) is 0 Å². The van der Waals surface area contributed by atoms with E-state index in [-0.39, 0.29) is 0 Å². The number of hydrogen-bond acceptors (Lipinski definition) is 6. The van der Waals surface area contributed by atoms with Crippen LogP contribution in [0.4, 0.5) is 0 Å². The largest absolute Gasteiger partial charge is 0.494 e. The van der Waals surface area contributed by atoms with Crippen LogP contribution >= 0.6 is 11.6 Å². The molecule has 0 spiro atoms. The second kappa shape index (κ2) is 8.41. The van der Waals surface area contributed by atoms with Crippen molar-refractivity contribution < 1.29 is 9.47 Å². The van der Waals surface area contributed by atoms with Crippen LogP contribution in [0.25, 0.3) is 11.3 Å². The summed E-state index contributed by atoms with van der Waals surface area (Å²) in [5.41, 5.74) is 7.13. The van der Waals surface area contributed by atoms with E-state index >= 15 is 0 Å². The zero-order chi connectivity index (χ0) is 17.5. The minimum atomic E-state index is 0.370. The molecule has 0 bridgehead atoms. The maximum absolute atomic E-state index is 5.87. The lowest BCUT2D eigenvalue weighted by molar-refractivity contribution is 0.313. The predicted octanol–water partition coefficient (Wildman–Crippen LogP) is 3.71. The highest BCUT2D eigenvalue weighted by molar-refractivity contribution is 6.30. The molecule has 7 heteroatoms. The molecule has 0 aliphatic rings. The van der Waals surface area contributed by atoms with Crippen molar-refractivity contribution in [2.75, 3.05) is 13.2 Å². The summed E-state index contributed by atoms with van der Waals surface area (Å²) in [7, 11) is 0. The molecular weight excluding hydrogens is 340 g/mol. The maximum atomic E-state index is 5.87. The van der Waals surface area contributed by atoms with Gasteiger partial charge in [0.05, 0.1) is 23.5 Å². The van der Waals surface area contributed by atoms with Gasteiger partial charge in [0.1, 0.15) is 11.5 Å². The Morgan fingerprint density at radius 3 is 2.48 bits per heavy atom. The molecule has 0 atom stereocenters. The Morgan fingerprint density at radius 1 is 0.960 bits per heavy atom. The van der Waals surface area contributed by atoms with Crippen molar-refractivity contribution >= 4 is 11.6 Å². The molecule has 0 fully saturated rings. The second-order valence-corrected chi connectivity index (χ2v) is 5.65. The first-order chi connectivity index (χ1) is 12.2. The van der Waals surface area contributed by atoms with E-state index < -0.39 is 0 Å². The van der Waals surface area contributed by atoms with Gasteiger partial charge in [-0.3, -0.25) is 4.98 Å². The van der Waals surface area contributed by atoms with Crippen molar-refractivity contribution in [1.82, 2.24) is 15.2 Å². The van der Waals surface area contributed by atoms with Gasteiger partial charge in [-0.2, -0.15) is 0 Å². The molecule has 25 heavy (non-hydrogen) atoms. The van der Waals surface area contributed by atoms with Crippen molar-refractivity contribution in [2.24, 2.45) is 5.73 Å². The molecule has 0 saturated heterocycles. The quantitative estimate of drug-likeness (QED) is 0.650. The van der Waals surface area contributed by atoms with Crippen molar-refractivity contribution in [2.45, 2.75) is 6.42 Å². The van der Waals surface area contributed by atoms with Gasteiger partial charge in [-0.1, -0.05) is 11.6 Å². The fourth-order valence-electron chi connectivity index (χ4n) is 2.09. The molecule has 3 aromatic rings.